The van der Waals surface area contributed by atoms with Gasteiger partial charge in [-0.15, -0.1) is 0 Å². The van der Waals surface area contributed by atoms with Gasteiger partial charge in [0.1, 0.15) is 0 Å². The van der Waals surface area contributed by atoms with Crippen LogP contribution in [0.2, 0.25) is 0 Å². The van der Waals surface area contributed by atoms with Crippen LogP contribution in [0.15, 0.2) is 42.7 Å². The summed E-state index contributed by atoms with van der Waals surface area (Å²) in [5, 5.41) is 9.22. The van der Waals surface area contributed by atoms with E-state index in [0.29, 0.717) is 12.8 Å². The maximum absolute atomic E-state index is 11.2. The molecule has 5 heteroatoms. The van der Waals surface area contributed by atoms with E-state index in [9.17, 15) is 9.90 Å². The van der Waals surface area contributed by atoms with Gasteiger partial charge in [-0.1, -0.05) is 12.1 Å². The van der Waals surface area contributed by atoms with Crippen molar-refractivity contribution in [3.8, 4) is 0 Å². The summed E-state index contributed by atoms with van der Waals surface area (Å²) in [6.07, 6.45) is 5.82. The largest absolute Gasteiger partial charge is 0.481 e. The lowest BCUT2D eigenvalue weighted by atomic mass is 9.93. The molecule has 2 aromatic rings. The molecule has 5 nitrogen and oxygen atoms in total. The van der Waals surface area contributed by atoms with E-state index in [1.165, 1.54) is 5.56 Å². The first-order valence-corrected chi connectivity index (χ1v) is 8.43. The third kappa shape index (κ3) is 3.79. The number of aliphatic carboxylic acids is 1. The van der Waals surface area contributed by atoms with Crippen LogP contribution < -0.4 is 0 Å². The lowest BCUT2D eigenvalue weighted by Crippen LogP contribution is -2.40. The number of aryl methyl sites for hydroxylation is 1. The number of aromatic nitrogens is 2. The number of carbonyl (C=O) groups is 1. The first-order chi connectivity index (χ1) is 11.6. The van der Waals surface area contributed by atoms with Crippen LogP contribution in [0.25, 0.3) is 0 Å². The zero-order valence-corrected chi connectivity index (χ0v) is 13.9. The number of hydrogen-bond donors (Lipinski definition) is 1. The van der Waals surface area contributed by atoms with Gasteiger partial charge in [-0.05, 0) is 56.6 Å². The van der Waals surface area contributed by atoms with Crippen LogP contribution in [-0.2, 0) is 11.2 Å². The van der Waals surface area contributed by atoms with Crippen LogP contribution in [0, 0.1) is 12.8 Å². The Kier molecular flexibility index (Phi) is 5.20. The highest BCUT2D eigenvalue weighted by Gasteiger charge is 2.30. The molecule has 0 aromatic carbocycles. The topological polar surface area (TPSA) is 66.3 Å². The van der Waals surface area contributed by atoms with Gasteiger partial charge >= 0.3 is 5.97 Å². The minimum absolute atomic E-state index is 0.135. The van der Waals surface area contributed by atoms with Crippen LogP contribution >= 0.6 is 0 Å². The number of likely N-dealkylation sites (tertiary alicyclic amines) is 1. The fourth-order valence-corrected chi connectivity index (χ4v) is 3.42. The van der Waals surface area contributed by atoms with Crippen LogP contribution in [0.4, 0.5) is 0 Å². The second-order valence-corrected chi connectivity index (χ2v) is 6.40. The van der Waals surface area contributed by atoms with Crippen LogP contribution in [-0.4, -0.2) is 39.0 Å². The Balaban J connectivity index is 1.83. The molecule has 24 heavy (non-hydrogen) atoms. The average Bonchev–Trinajstić information content (AvgIpc) is 2.61. The van der Waals surface area contributed by atoms with Crippen molar-refractivity contribution in [2.24, 2.45) is 5.92 Å². The predicted octanol–water partition coefficient (Wildman–Crippen LogP) is 2.87. The van der Waals surface area contributed by atoms with E-state index in [2.05, 4.69) is 27.9 Å². The highest BCUT2D eigenvalue weighted by molar-refractivity contribution is 5.70. The van der Waals surface area contributed by atoms with E-state index in [-0.39, 0.29) is 12.0 Å². The summed E-state index contributed by atoms with van der Waals surface area (Å²) in [6.45, 7) is 3.65. The van der Waals surface area contributed by atoms with Crippen molar-refractivity contribution < 1.29 is 9.90 Å². The zero-order valence-electron chi connectivity index (χ0n) is 13.9. The Labute approximate surface area is 142 Å². The average molecular weight is 325 g/mol. The highest BCUT2D eigenvalue weighted by Crippen LogP contribution is 2.30. The standard InChI is InChI=1S/C19H23N3O2/c1-14-5-4-10-21-18(14)17(13-16-6-2-3-9-20-16)22-11-7-15(8-12-22)19(23)24/h2-6,9-10,15,17H,7-8,11-13H2,1H3,(H,23,24). The molecule has 1 aliphatic heterocycles. The lowest BCUT2D eigenvalue weighted by Gasteiger charge is -2.36. The fourth-order valence-electron chi connectivity index (χ4n) is 3.42. The second kappa shape index (κ2) is 7.53. The van der Waals surface area contributed by atoms with Crippen molar-refractivity contribution in [2.45, 2.75) is 32.2 Å². The summed E-state index contributed by atoms with van der Waals surface area (Å²) < 4.78 is 0. The van der Waals surface area contributed by atoms with E-state index in [1.54, 1.807) is 0 Å². The number of nitrogens with zero attached hydrogens (tertiary/aromatic N) is 3. The number of pyridine rings is 2. The van der Waals surface area contributed by atoms with Gasteiger partial charge in [0.2, 0.25) is 0 Å². The van der Waals surface area contributed by atoms with Crippen molar-refractivity contribution in [1.29, 1.82) is 0 Å². The third-order valence-electron chi connectivity index (χ3n) is 4.81. The van der Waals surface area contributed by atoms with E-state index < -0.39 is 5.97 Å². The molecule has 126 valence electrons. The molecule has 1 fully saturated rings. The lowest BCUT2D eigenvalue weighted by molar-refractivity contribution is -0.143. The number of rotatable bonds is 5. The summed E-state index contributed by atoms with van der Waals surface area (Å²) >= 11 is 0. The van der Waals surface area contributed by atoms with Crippen molar-refractivity contribution in [3.05, 3.63) is 59.7 Å². The molecule has 3 heterocycles. The summed E-state index contributed by atoms with van der Waals surface area (Å²) in [7, 11) is 0. The van der Waals surface area contributed by atoms with Gasteiger partial charge in [-0.25, -0.2) is 0 Å². The molecule has 0 saturated carbocycles. The summed E-state index contributed by atoms with van der Waals surface area (Å²) in [5.41, 5.74) is 3.27. The SMILES string of the molecule is Cc1cccnc1C(Cc1ccccn1)N1CCC(C(=O)O)CC1. The summed E-state index contributed by atoms with van der Waals surface area (Å²) in [6, 6.07) is 10.1. The number of carboxylic acids is 1. The Hall–Kier alpha value is -2.27. The Morgan fingerprint density at radius 3 is 2.58 bits per heavy atom. The van der Waals surface area contributed by atoms with Gasteiger partial charge in [0.15, 0.2) is 0 Å². The Morgan fingerprint density at radius 1 is 1.21 bits per heavy atom. The first kappa shape index (κ1) is 16.6. The summed E-state index contributed by atoms with van der Waals surface area (Å²) in [4.78, 5) is 22.7. The molecular formula is C19H23N3O2. The van der Waals surface area contributed by atoms with Crippen molar-refractivity contribution in [3.63, 3.8) is 0 Å². The number of hydrogen-bond acceptors (Lipinski definition) is 4. The van der Waals surface area contributed by atoms with Gasteiger partial charge in [0, 0.05) is 24.5 Å². The monoisotopic (exact) mass is 325 g/mol. The molecular weight excluding hydrogens is 302 g/mol. The van der Waals surface area contributed by atoms with Crippen LogP contribution in [0.1, 0.15) is 35.8 Å². The van der Waals surface area contributed by atoms with Gasteiger partial charge in [-0.3, -0.25) is 19.7 Å². The number of piperidine rings is 1. The van der Waals surface area contributed by atoms with Crippen molar-refractivity contribution >= 4 is 5.97 Å². The molecule has 3 rings (SSSR count). The molecule has 1 unspecified atom stereocenters. The molecule has 2 aromatic heterocycles. The summed E-state index contributed by atoms with van der Waals surface area (Å²) in [5.74, 6) is -0.897. The molecule has 0 bridgehead atoms. The molecule has 1 saturated heterocycles. The van der Waals surface area contributed by atoms with Crippen molar-refractivity contribution in [1.82, 2.24) is 14.9 Å². The maximum atomic E-state index is 11.2. The zero-order chi connectivity index (χ0) is 16.9. The Morgan fingerprint density at radius 2 is 1.96 bits per heavy atom. The van der Waals surface area contributed by atoms with E-state index in [1.807, 2.05) is 36.7 Å². The first-order valence-electron chi connectivity index (χ1n) is 8.43. The van der Waals surface area contributed by atoms with Gasteiger partial charge in [0.05, 0.1) is 17.7 Å². The van der Waals surface area contributed by atoms with E-state index in [4.69, 9.17) is 0 Å². The molecule has 0 spiro atoms. The van der Waals surface area contributed by atoms with Gasteiger partial charge < -0.3 is 5.11 Å². The highest BCUT2D eigenvalue weighted by atomic mass is 16.4. The molecule has 0 aliphatic carbocycles. The molecule has 1 atom stereocenters. The third-order valence-corrected chi connectivity index (χ3v) is 4.81. The quantitative estimate of drug-likeness (QED) is 0.915. The molecule has 0 amide bonds. The minimum Gasteiger partial charge on any atom is -0.481 e. The Bertz CT molecular complexity index is 682. The van der Waals surface area contributed by atoms with Crippen molar-refractivity contribution in [2.75, 3.05) is 13.1 Å². The van der Waals surface area contributed by atoms with Crippen LogP contribution in [0.5, 0.6) is 0 Å². The van der Waals surface area contributed by atoms with Gasteiger partial charge in [-0.2, -0.15) is 0 Å². The van der Waals surface area contributed by atoms with E-state index in [0.717, 1.165) is 30.9 Å². The van der Waals surface area contributed by atoms with E-state index >= 15 is 0 Å². The minimum atomic E-state index is -0.676. The van der Waals surface area contributed by atoms with Crippen LogP contribution in [0.3, 0.4) is 0 Å². The smallest absolute Gasteiger partial charge is 0.306 e. The molecule has 1 aliphatic rings. The molecule has 1 N–H and O–H groups in total. The normalized spacial score (nSPS) is 17.5. The number of carboxylic acid groups (broad SMARTS) is 1. The predicted molar refractivity (Wildman–Crippen MR) is 91.6 cm³/mol. The second-order valence-electron chi connectivity index (χ2n) is 6.40. The fraction of sp³-hybridized carbons (Fsp3) is 0.421. The maximum Gasteiger partial charge on any atom is 0.306 e. The van der Waals surface area contributed by atoms with Gasteiger partial charge in [0.25, 0.3) is 0 Å². The molecule has 0 radical (unpaired) electrons.